The molecule has 148 valence electrons. The Hall–Kier alpha value is -3.11. The van der Waals surface area contributed by atoms with Crippen molar-refractivity contribution in [3.63, 3.8) is 0 Å². The average molecular weight is 431 g/mol. The van der Waals surface area contributed by atoms with E-state index in [2.05, 4.69) is 25.6 Å². The van der Waals surface area contributed by atoms with Crippen LogP contribution in [0.1, 0.15) is 11.7 Å². The minimum atomic E-state index is -0.171. The lowest BCUT2D eigenvalue weighted by Gasteiger charge is -2.02. The highest BCUT2D eigenvalue weighted by Crippen LogP contribution is 2.24. The molecule has 4 aromatic rings. The highest BCUT2D eigenvalue weighted by atomic mass is 35.5. The molecule has 3 aromatic heterocycles. The number of carbonyl (C=O) groups is 1. The fourth-order valence-corrected chi connectivity index (χ4v) is 3.16. The Balaban J connectivity index is 1.23. The number of hydrogen-bond donors (Lipinski definition) is 1. The van der Waals surface area contributed by atoms with E-state index >= 15 is 0 Å². The predicted molar refractivity (Wildman–Crippen MR) is 105 cm³/mol. The highest BCUT2D eigenvalue weighted by molar-refractivity contribution is 7.99. The van der Waals surface area contributed by atoms with Gasteiger partial charge in [-0.25, -0.2) is 9.67 Å². The van der Waals surface area contributed by atoms with Crippen LogP contribution in [-0.4, -0.2) is 36.6 Å². The number of nitrogens with zero attached hydrogens (tertiary/aromatic N) is 5. The van der Waals surface area contributed by atoms with Crippen LogP contribution in [0.3, 0.4) is 0 Å². The molecular weight excluding hydrogens is 416 g/mol. The second-order valence-electron chi connectivity index (χ2n) is 5.89. The Bertz CT molecular complexity index is 1080. The molecule has 4 rings (SSSR count). The molecule has 1 amide bonds. The van der Waals surface area contributed by atoms with Crippen LogP contribution in [-0.2, 0) is 17.9 Å². The monoisotopic (exact) mass is 430 g/mol. The summed E-state index contributed by atoms with van der Waals surface area (Å²) in [4.78, 5) is 15.9. The number of aromatic nitrogens is 5. The van der Waals surface area contributed by atoms with Crippen molar-refractivity contribution in [1.29, 1.82) is 0 Å². The molecule has 1 N–H and O–H groups in total. The first-order chi connectivity index (χ1) is 14.2. The Morgan fingerprint density at radius 3 is 2.79 bits per heavy atom. The number of hydrogen-bond acceptors (Lipinski definition) is 8. The lowest BCUT2D eigenvalue weighted by Crippen LogP contribution is -2.24. The molecule has 3 heterocycles. The summed E-state index contributed by atoms with van der Waals surface area (Å²) in [6.07, 6.45) is 2.98. The molecule has 11 heteroatoms. The zero-order chi connectivity index (χ0) is 20.1. The quantitative estimate of drug-likeness (QED) is 0.424. The SMILES string of the molecule is O=C(CSc1nnc(Cn2cncn2)o1)NCc1ccc(-c2ccc(Cl)cc2)o1. The zero-order valence-corrected chi connectivity index (χ0v) is 16.6. The number of halogens is 1. The van der Waals surface area contributed by atoms with Gasteiger partial charge in [0.25, 0.3) is 5.22 Å². The fourth-order valence-electron chi connectivity index (χ4n) is 2.42. The molecule has 0 aliphatic rings. The van der Waals surface area contributed by atoms with Crippen LogP contribution in [0.25, 0.3) is 11.3 Å². The van der Waals surface area contributed by atoms with Gasteiger partial charge in [0.15, 0.2) is 0 Å². The smallest absolute Gasteiger partial charge is 0.277 e. The van der Waals surface area contributed by atoms with Crippen LogP contribution in [0.2, 0.25) is 5.02 Å². The third kappa shape index (κ3) is 5.24. The molecule has 29 heavy (non-hydrogen) atoms. The van der Waals surface area contributed by atoms with Gasteiger partial charge >= 0.3 is 0 Å². The third-order valence-corrected chi connectivity index (χ3v) is 4.86. The summed E-state index contributed by atoms with van der Waals surface area (Å²) >= 11 is 7.05. The molecule has 0 unspecified atom stereocenters. The van der Waals surface area contributed by atoms with Crippen molar-refractivity contribution in [1.82, 2.24) is 30.3 Å². The lowest BCUT2D eigenvalue weighted by atomic mass is 10.2. The van der Waals surface area contributed by atoms with Crippen LogP contribution in [0.15, 0.2) is 63.1 Å². The molecule has 1 aromatic carbocycles. The number of amides is 1. The van der Waals surface area contributed by atoms with Crippen LogP contribution >= 0.6 is 23.4 Å². The largest absolute Gasteiger partial charge is 0.459 e. The van der Waals surface area contributed by atoms with Gasteiger partial charge < -0.3 is 14.2 Å². The van der Waals surface area contributed by atoms with Gasteiger partial charge in [0.2, 0.25) is 11.8 Å². The van der Waals surface area contributed by atoms with Gasteiger partial charge in [-0.05, 0) is 36.4 Å². The van der Waals surface area contributed by atoms with Crippen molar-refractivity contribution in [2.45, 2.75) is 18.3 Å². The van der Waals surface area contributed by atoms with E-state index in [1.54, 1.807) is 23.1 Å². The van der Waals surface area contributed by atoms with Crippen molar-refractivity contribution in [2.75, 3.05) is 5.75 Å². The number of benzene rings is 1. The van der Waals surface area contributed by atoms with Crippen LogP contribution in [0, 0.1) is 0 Å². The zero-order valence-electron chi connectivity index (χ0n) is 15.0. The van der Waals surface area contributed by atoms with Crippen molar-refractivity contribution >= 4 is 29.3 Å². The first-order valence-corrected chi connectivity index (χ1v) is 9.91. The number of furan rings is 1. The van der Waals surface area contributed by atoms with E-state index in [1.807, 2.05) is 24.3 Å². The van der Waals surface area contributed by atoms with Gasteiger partial charge in [-0.3, -0.25) is 4.79 Å². The molecule has 0 atom stereocenters. The summed E-state index contributed by atoms with van der Waals surface area (Å²) in [6.45, 7) is 0.614. The summed E-state index contributed by atoms with van der Waals surface area (Å²) in [7, 11) is 0. The maximum Gasteiger partial charge on any atom is 0.277 e. The van der Waals surface area contributed by atoms with Crippen molar-refractivity contribution in [3.05, 3.63) is 65.7 Å². The normalized spacial score (nSPS) is 10.9. The number of thioether (sulfide) groups is 1. The van der Waals surface area contributed by atoms with Crippen molar-refractivity contribution in [3.8, 4) is 11.3 Å². The van der Waals surface area contributed by atoms with Crippen LogP contribution in [0.5, 0.6) is 0 Å². The summed E-state index contributed by atoms with van der Waals surface area (Å²) in [5.74, 6) is 1.74. The van der Waals surface area contributed by atoms with Gasteiger partial charge in [-0.1, -0.05) is 23.4 Å². The van der Waals surface area contributed by atoms with Crippen LogP contribution < -0.4 is 5.32 Å². The molecule has 0 spiro atoms. The topological polar surface area (TPSA) is 112 Å². The molecule has 0 saturated heterocycles. The minimum absolute atomic E-state index is 0.149. The fraction of sp³-hybridized carbons (Fsp3) is 0.167. The van der Waals surface area contributed by atoms with E-state index in [0.717, 1.165) is 17.3 Å². The van der Waals surface area contributed by atoms with E-state index in [9.17, 15) is 4.79 Å². The van der Waals surface area contributed by atoms with E-state index in [1.165, 1.54) is 6.33 Å². The third-order valence-electron chi connectivity index (χ3n) is 3.79. The average Bonchev–Trinajstić information content (AvgIpc) is 3.48. The van der Waals surface area contributed by atoms with E-state index in [4.69, 9.17) is 20.4 Å². The van der Waals surface area contributed by atoms with Crippen LogP contribution in [0.4, 0.5) is 0 Å². The van der Waals surface area contributed by atoms with Gasteiger partial charge in [-0.2, -0.15) is 5.10 Å². The molecule has 0 bridgehead atoms. The first kappa shape index (κ1) is 19.2. The van der Waals surface area contributed by atoms with Gasteiger partial charge in [0, 0.05) is 10.6 Å². The van der Waals surface area contributed by atoms with Gasteiger partial charge in [0.1, 0.15) is 30.7 Å². The Morgan fingerprint density at radius 2 is 2.00 bits per heavy atom. The standard InChI is InChI=1S/C18H15ClN6O3S/c19-13-3-1-12(2-4-13)15-6-5-14(27-15)7-21-16(26)9-29-18-24-23-17(28-18)8-25-11-20-10-22-25/h1-6,10-11H,7-9H2,(H,21,26). The second-order valence-corrected chi connectivity index (χ2v) is 7.26. The molecule has 0 aliphatic carbocycles. The van der Waals surface area contributed by atoms with E-state index < -0.39 is 0 Å². The Labute approximate surface area is 174 Å². The van der Waals surface area contributed by atoms with E-state index in [0.29, 0.717) is 34.2 Å². The second kappa shape index (κ2) is 8.93. The Kier molecular flexibility index (Phi) is 5.92. The van der Waals surface area contributed by atoms with E-state index in [-0.39, 0.29) is 18.2 Å². The molecular formula is C18H15ClN6O3S. The van der Waals surface area contributed by atoms with Gasteiger partial charge in [-0.15, -0.1) is 10.2 Å². The minimum Gasteiger partial charge on any atom is -0.459 e. The first-order valence-electron chi connectivity index (χ1n) is 8.54. The summed E-state index contributed by atoms with van der Waals surface area (Å²) in [5.41, 5.74) is 0.917. The predicted octanol–water partition coefficient (Wildman–Crippen LogP) is 3.03. The Morgan fingerprint density at radius 1 is 1.14 bits per heavy atom. The molecule has 9 nitrogen and oxygen atoms in total. The molecule has 0 aliphatic heterocycles. The summed E-state index contributed by atoms with van der Waals surface area (Å²) < 4.78 is 12.8. The van der Waals surface area contributed by atoms with Crippen molar-refractivity contribution in [2.24, 2.45) is 0 Å². The molecule has 0 fully saturated rings. The summed E-state index contributed by atoms with van der Waals surface area (Å²) in [6, 6.07) is 11.0. The maximum absolute atomic E-state index is 12.1. The van der Waals surface area contributed by atoms with Gasteiger partial charge in [0.05, 0.1) is 12.3 Å². The van der Waals surface area contributed by atoms with Crippen molar-refractivity contribution < 1.29 is 13.6 Å². The highest BCUT2D eigenvalue weighted by Gasteiger charge is 2.11. The molecule has 0 radical (unpaired) electrons. The number of carbonyl (C=O) groups excluding carboxylic acids is 1. The lowest BCUT2D eigenvalue weighted by molar-refractivity contribution is -0.118. The number of rotatable bonds is 8. The maximum atomic E-state index is 12.1. The summed E-state index contributed by atoms with van der Waals surface area (Å²) in [5, 5.41) is 15.6. The number of nitrogens with one attached hydrogen (secondary N) is 1. The molecule has 0 saturated carbocycles.